The molecule has 2 heteroatoms. The normalized spacial score (nSPS) is 11.1. The van der Waals surface area contributed by atoms with Gasteiger partial charge in [0.05, 0.1) is 0 Å². The number of benzene rings is 3. The lowest BCUT2D eigenvalue weighted by Gasteiger charge is -2.03. The molecule has 0 fully saturated rings. The first-order valence-corrected chi connectivity index (χ1v) is 8.22. The van der Waals surface area contributed by atoms with E-state index >= 15 is 0 Å². The number of rotatable bonds is 1. The second-order valence-electron chi connectivity index (χ2n) is 5.95. The SMILES string of the molecule is CC#Cc1oc2ccccc2c1-c1cccc2oc3ccccc3c12. The molecule has 0 saturated carbocycles. The summed E-state index contributed by atoms with van der Waals surface area (Å²) < 4.78 is 12.1. The Kier molecular flexibility index (Phi) is 2.95. The van der Waals surface area contributed by atoms with Gasteiger partial charge in [0.2, 0.25) is 0 Å². The standard InChI is InChI=1S/C23H14O2/c1-2-8-20-22(15-9-3-5-12-18(15)24-20)17-11-7-14-21-23(17)16-10-4-6-13-19(16)25-21/h3-7,9-14H,1H3. The number of para-hydroxylation sites is 2. The fourth-order valence-electron chi connectivity index (χ4n) is 3.50. The Labute approximate surface area is 144 Å². The van der Waals surface area contributed by atoms with E-state index in [1.54, 1.807) is 0 Å². The van der Waals surface area contributed by atoms with Crippen molar-refractivity contribution >= 4 is 32.9 Å². The molecule has 0 N–H and O–H groups in total. The molecular formula is C23H14O2. The van der Waals surface area contributed by atoms with Crippen LogP contribution in [0, 0.1) is 11.8 Å². The summed E-state index contributed by atoms with van der Waals surface area (Å²) >= 11 is 0. The summed E-state index contributed by atoms with van der Waals surface area (Å²) in [4.78, 5) is 0. The van der Waals surface area contributed by atoms with Gasteiger partial charge >= 0.3 is 0 Å². The van der Waals surface area contributed by atoms with Crippen LogP contribution in [0.4, 0.5) is 0 Å². The van der Waals surface area contributed by atoms with Crippen LogP contribution in [0.1, 0.15) is 12.7 Å². The molecule has 0 spiro atoms. The van der Waals surface area contributed by atoms with E-state index in [1.165, 1.54) is 0 Å². The van der Waals surface area contributed by atoms with Crippen LogP contribution < -0.4 is 0 Å². The summed E-state index contributed by atoms with van der Waals surface area (Å²) in [6.45, 7) is 1.82. The molecule has 0 aliphatic heterocycles. The molecule has 0 radical (unpaired) electrons. The maximum Gasteiger partial charge on any atom is 0.186 e. The van der Waals surface area contributed by atoms with Crippen LogP contribution in [0.3, 0.4) is 0 Å². The number of fused-ring (bicyclic) bond motifs is 4. The van der Waals surface area contributed by atoms with Crippen molar-refractivity contribution in [2.24, 2.45) is 0 Å². The Morgan fingerprint density at radius 2 is 1.36 bits per heavy atom. The van der Waals surface area contributed by atoms with Gasteiger partial charge in [-0.1, -0.05) is 54.5 Å². The number of hydrogen-bond donors (Lipinski definition) is 0. The first-order valence-electron chi connectivity index (χ1n) is 8.22. The van der Waals surface area contributed by atoms with Gasteiger partial charge in [0.1, 0.15) is 16.7 Å². The van der Waals surface area contributed by atoms with Crippen molar-refractivity contribution < 1.29 is 8.83 Å². The van der Waals surface area contributed by atoms with Crippen molar-refractivity contribution in [2.75, 3.05) is 0 Å². The molecular weight excluding hydrogens is 308 g/mol. The third-order valence-corrected chi connectivity index (χ3v) is 4.51. The van der Waals surface area contributed by atoms with E-state index in [0.717, 1.165) is 44.0 Å². The Morgan fingerprint density at radius 1 is 0.680 bits per heavy atom. The van der Waals surface area contributed by atoms with E-state index in [4.69, 9.17) is 8.83 Å². The number of furan rings is 2. The fourth-order valence-corrected chi connectivity index (χ4v) is 3.50. The van der Waals surface area contributed by atoms with Gasteiger partial charge in [0.25, 0.3) is 0 Å². The number of hydrogen-bond acceptors (Lipinski definition) is 2. The van der Waals surface area contributed by atoms with Crippen LogP contribution in [-0.4, -0.2) is 0 Å². The summed E-state index contributed by atoms with van der Waals surface area (Å²) in [5, 5.41) is 3.27. The van der Waals surface area contributed by atoms with Crippen molar-refractivity contribution in [3.63, 3.8) is 0 Å². The van der Waals surface area contributed by atoms with Gasteiger partial charge in [-0.15, -0.1) is 0 Å². The van der Waals surface area contributed by atoms with Crippen LogP contribution in [0.2, 0.25) is 0 Å². The van der Waals surface area contributed by atoms with Gasteiger partial charge in [-0.2, -0.15) is 0 Å². The lowest BCUT2D eigenvalue weighted by Crippen LogP contribution is -1.82. The highest BCUT2D eigenvalue weighted by molar-refractivity contribution is 6.15. The molecule has 5 aromatic rings. The predicted molar refractivity (Wildman–Crippen MR) is 101 cm³/mol. The quantitative estimate of drug-likeness (QED) is 0.335. The predicted octanol–water partition coefficient (Wildman–Crippen LogP) is 6.37. The summed E-state index contributed by atoms with van der Waals surface area (Å²) in [5.41, 5.74) is 4.73. The molecule has 0 unspecified atom stereocenters. The molecule has 0 bridgehead atoms. The van der Waals surface area contributed by atoms with Crippen LogP contribution in [0.25, 0.3) is 44.0 Å². The average molecular weight is 322 g/mol. The Balaban J connectivity index is 1.98. The lowest BCUT2D eigenvalue weighted by molar-refractivity contribution is 0.602. The van der Waals surface area contributed by atoms with Crippen molar-refractivity contribution in [1.82, 2.24) is 0 Å². The largest absolute Gasteiger partial charge is 0.456 e. The second kappa shape index (κ2) is 5.29. The molecule has 0 atom stereocenters. The molecule has 2 aromatic heterocycles. The molecule has 2 nitrogen and oxygen atoms in total. The monoisotopic (exact) mass is 322 g/mol. The summed E-state index contributed by atoms with van der Waals surface area (Å²) in [6, 6.07) is 22.3. The summed E-state index contributed by atoms with van der Waals surface area (Å²) in [7, 11) is 0. The van der Waals surface area contributed by atoms with E-state index in [2.05, 4.69) is 30.0 Å². The van der Waals surface area contributed by atoms with Gasteiger partial charge in [-0.05, 0) is 36.6 Å². The Morgan fingerprint density at radius 3 is 2.16 bits per heavy atom. The van der Waals surface area contributed by atoms with Crippen molar-refractivity contribution in [3.05, 3.63) is 72.5 Å². The van der Waals surface area contributed by atoms with Gasteiger partial charge in [0.15, 0.2) is 5.76 Å². The zero-order valence-electron chi connectivity index (χ0n) is 13.7. The van der Waals surface area contributed by atoms with Crippen LogP contribution in [-0.2, 0) is 0 Å². The van der Waals surface area contributed by atoms with Crippen molar-refractivity contribution in [2.45, 2.75) is 6.92 Å². The van der Waals surface area contributed by atoms with Gasteiger partial charge in [-0.25, -0.2) is 0 Å². The average Bonchev–Trinajstić information content (AvgIpc) is 3.19. The smallest absolute Gasteiger partial charge is 0.186 e. The molecule has 0 aliphatic carbocycles. The first-order chi connectivity index (χ1) is 12.4. The minimum absolute atomic E-state index is 0.696. The van der Waals surface area contributed by atoms with Crippen LogP contribution in [0.15, 0.2) is 75.6 Å². The van der Waals surface area contributed by atoms with E-state index in [-0.39, 0.29) is 0 Å². The second-order valence-corrected chi connectivity index (χ2v) is 5.95. The third kappa shape index (κ3) is 2.00. The van der Waals surface area contributed by atoms with Crippen molar-refractivity contribution in [3.8, 4) is 23.0 Å². The molecule has 0 amide bonds. The van der Waals surface area contributed by atoms with Crippen LogP contribution >= 0.6 is 0 Å². The van der Waals surface area contributed by atoms with Crippen LogP contribution in [0.5, 0.6) is 0 Å². The Bertz CT molecular complexity index is 1310. The molecule has 3 aromatic carbocycles. The lowest BCUT2D eigenvalue weighted by atomic mass is 9.97. The maximum absolute atomic E-state index is 6.04. The highest BCUT2D eigenvalue weighted by Crippen LogP contribution is 2.41. The zero-order valence-corrected chi connectivity index (χ0v) is 13.7. The fraction of sp³-hybridized carbons (Fsp3) is 0.0435. The van der Waals surface area contributed by atoms with E-state index in [9.17, 15) is 0 Å². The van der Waals surface area contributed by atoms with E-state index in [0.29, 0.717) is 5.76 Å². The highest BCUT2D eigenvalue weighted by Gasteiger charge is 2.19. The molecule has 2 heterocycles. The molecule has 5 rings (SSSR count). The topological polar surface area (TPSA) is 26.3 Å². The Hall–Kier alpha value is -3.44. The molecule has 25 heavy (non-hydrogen) atoms. The van der Waals surface area contributed by atoms with Gasteiger partial charge in [0, 0.05) is 21.7 Å². The van der Waals surface area contributed by atoms with Gasteiger partial charge in [-0.3, -0.25) is 0 Å². The van der Waals surface area contributed by atoms with Gasteiger partial charge < -0.3 is 8.83 Å². The summed E-state index contributed by atoms with van der Waals surface area (Å²) in [6.07, 6.45) is 0. The molecule has 0 saturated heterocycles. The minimum Gasteiger partial charge on any atom is -0.456 e. The van der Waals surface area contributed by atoms with Crippen molar-refractivity contribution in [1.29, 1.82) is 0 Å². The van der Waals surface area contributed by atoms with E-state index in [1.807, 2.05) is 55.5 Å². The molecule has 0 aliphatic rings. The molecule has 118 valence electrons. The van der Waals surface area contributed by atoms with E-state index < -0.39 is 0 Å². The summed E-state index contributed by atoms with van der Waals surface area (Å²) in [5.74, 6) is 6.78. The third-order valence-electron chi connectivity index (χ3n) is 4.51. The first kappa shape index (κ1) is 13.9. The minimum atomic E-state index is 0.696. The maximum atomic E-state index is 6.04. The highest BCUT2D eigenvalue weighted by atomic mass is 16.3. The zero-order chi connectivity index (χ0) is 16.8.